The van der Waals surface area contributed by atoms with E-state index in [0.717, 1.165) is 17.0 Å². The third-order valence-corrected chi connectivity index (χ3v) is 5.26. The van der Waals surface area contributed by atoms with Crippen LogP contribution in [0.5, 0.6) is 5.75 Å². The average Bonchev–Trinajstić information content (AvgIpc) is 2.62. The first-order chi connectivity index (χ1) is 12.6. The van der Waals surface area contributed by atoms with E-state index in [1.54, 1.807) is 6.92 Å². The van der Waals surface area contributed by atoms with Crippen LogP contribution in [0.3, 0.4) is 0 Å². The van der Waals surface area contributed by atoms with Crippen molar-refractivity contribution in [1.82, 2.24) is 5.32 Å². The molecule has 0 amide bonds. The summed E-state index contributed by atoms with van der Waals surface area (Å²) >= 11 is 5.65. The van der Waals surface area contributed by atoms with Crippen molar-refractivity contribution < 1.29 is 14.3 Å². The molecule has 0 aliphatic carbocycles. The summed E-state index contributed by atoms with van der Waals surface area (Å²) in [6.45, 7) is 4.02. The normalized spacial score (nSPS) is 26.4. The fourth-order valence-corrected chi connectivity index (χ4v) is 4.30. The van der Waals surface area contributed by atoms with E-state index in [9.17, 15) is 4.79 Å². The summed E-state index contributed by atoms with van der Waals surface area (Å²) < 4.78 is 11.8. The van der Waals surface area contributed by atoms with Crippen molar-refractivity contribution in [2.24, 2.45) is 5.92 Å². The molecule has 6 heteroatoms. The molecule has 1 saturated heterocycles. The highest BCUT2D eigenvalue weighted by Gasteiger charge is 2.59. The summed E-state index contributed by atoms with van der Waals surface area (Å²) in [6.07, 6.45) is 0. The van der Waals surface area contributed by atoms with Crippen molar-refractivity contribution in [2.45, 2.75) is 25.6 Å². The third kappa shape index (κ3) is 2.44. The van der Waals surface area contributed by atoms with E-state index in [2.05, 4.69) is 5.32 Å². The molecule has 1 fully saturated rings. The Kier molecular flexibility index (Phi) is 4.07. The maximum Gasteiger partial charge on any atom is 0.317 e. The van der Waals surface area contributed by atoms with Crippen molar-refractivity contribution in [3.05, 3.63) is 60.2 Å². The number of hydrogen-bond acceptors (Lipinski definition) is 4. The quantitative estimate of drug-likeness (QED) is 0.662. The standard InChI is InChI=1S/C20H20N2O3S/c1-3-24-18(23)16-17-14-11-7-8-12-15(14)25-20(16,2)22(19(26)21-17)13-9-5-4-6-10-13/h4-12,16-17H,3H2,1-2H3,(H,21,26)/t16-,17+,20+/m1/s1. The van der Waals surface area contributed by atoms with Gasteiger partial charge in [-0.25, -0.2) is 0 Å². The van der Waals surface area contributed by atoms with Crippen LogP contribution in [0.1, 0.15) is 25.5 Å². The lowest BCUT2D eigenvalue weighted by Gasteiger charge is -2.55. The fourth-order valence-electron chi connectivity index (χ4n) is 3.89. The molecule has 0 saturated carbocycles. The minimum absolute atomic E-state index is 0.295. The summed E-state index contributed by atoms with van der Waals surface area (Å²) in [7, 11) is 0. The van der Waals surface area contributed by atoms with E-state index >= 15 is 0 Å². The Hall–Kier alpha value is -2.60. The maximum atomic E-state index is 12.9. The third-order valence-electron chi connectivity index (χ3n) is 4.96. The summed E-state index contributed by atoms with van der Waals surface area (Å²) in [4.78, 5) is 14.8. The summed E-state index contributed by atoms with van der Waals surface area (Å²) in [5, 5.41) is 3.87. The molecule has 0 aromatic heterocycles. The molecule has 2 bridgehead atoms. The molecular weight excluding hydrogens is 348 g/mol. The van der Waals surface area contributed by atoms with Crippen LogP contribution in [-0.4, -0.2) is 23.4 Å². The number of ether oxygens (including phenoxy) is 2. The highest BCUT2D eigenvalue weighted by atomic mass is 32.1. The number of rotatable bonds is 3. The Morgan fingerprint density at radius 1 is 1.23 bits per heavy atom. The van der Waals surface area contributed by atoms with Crippen LogP contribution in [0.15, 0.2) is 54.6 Å². The number of anilines is 1. The van der Waals surface area contributed by atoms with Gasteiger partial charge in [0.1, 0.15) is 11.7 Å². The number of hydrogen-bond donors (Lipinski definition) is 1. The lowest BCUT2D eigenvalue weighted by Crippen LogP contribution is -2.71. The molecule has 2 heterocycles. The molecule has 26 heavy (non-hydrogen) atoms. The van der Waals surface area contributed by atoms with Gasteiger partial charge in [-0.05, 0) is 44.3 Å². The number of carbonyl (C=O) groups excluding carboxylic acids is 1. The van der Waals surface area contributed by atoms with Crippen LogP contribution in [0.2, 0.25) is 0 Å². The van der Waals surface area contributed by atoms with Gasteiger partial charge in [0.15, 0.2) is 5.11 Å². The van der Waals surface area contributed by atoms with Gasteiger partial charge >= 0.3 is 5.97 Å². The van der Waals surface area contributed by atoms with Crippen molar-refractivity contribution in [3.63, 3.8) is 0 Å². The molecule has 5 nitrogen and oxygen atoms in total. The van der Waals surface area contributed by atoms with E-state index < -0.39 is 11.6 Å². The molecule has 0 spiro atoms. The number of benzene rings is 2. The van der Waals surface area contributed by atoms with Crippen LogP contribution in [0.4, 0.5) is 5.69 Å². The molecule has 2 aliphatic rings. The molecule has 0 unspecified atom stereocenters. The zero-order valence-corrected chi connectivity index (χ0v) is 15.5. The minimum Gasteiger partial charge on any atom is -0.466 e. The van der Waals surface area contributed by atoms with Gasteiger partial charge in [-0.15, -0.1) is 0 Å². The van der Waals surface area contributed by atoms with E-state index in [1.165, 1.54) is 0 Å². The van der Waals surface area contributed by atoms with Crippen LogP contribution >= 0.6 is 12.2 Å². The van der Waals surface area contributed by atoms with Crippen LogP contribution in [-0.2, 0) is 9.53 Å². The second kappa shape index (κ2) is 6.29. The summed E-state index contributed by atoms with van der Waals surface area (Å²) in [6, 6.07) is 17.1. The molecular formula is C20H20N2O3S. The average molecular weight is 368 g/mol. The first-order valence-corrected chi connectivity index (χ1v) is 9.07. The predicted octanol–water partition coefficient (Wildman–Crippen LogP) is 3.41. The Balaban J connectivity index is 1.89. The van der Waals surface area contributed by atoms with Gasteiger partial charge in [-0.3, -0.25) is 9.69 Å². The molecule has 4 rings (SSSR count). The number of nitrogens with zero attached hydrogens (tertiary/aromatic N) is 1. The number of carbonyl (C=O) groups is 1. The SMILES string of the molecule is CCOC(=O)[C@H]1[C@H]2NC(=S)N(c3ccccc3)[C@@]1(C)Oc1ccccc12. The second-order valence-electron chi connectivity index (χ2n) is 6.52. The highest BCUT2D eigenvalue weighted by molar-refractivity contribution is 7.80. The molecule has 2 aliphatic heterocycles. The number of para-hydroxylation sites is 2. The van der Waals surface area contributed by atoms with Crippen LogP contribution in [0.25, 0.3) is 0 Å². The summed E-state index contributed by atoms with van der Waals surface area (Å²) in [5.41, 5.74) is 0.785. The lowest BCUT2D eigenvalue weighted by molar-refractivity contribution is -0.159. The molecule has 1 N–H and O–H groups in total. The van der Waals surface area contributed by atoms with Crippen molar-refractivity contribution in [3.8, 4) is 5.75 Å². The molecule has 2 aromatic carbocycles. The number of nitrogens with one attached hydrogen (secondary N) is 1. The number of esters is 1. The maximum absolute atomic E-state index is 12.9. The fraction of sp³-hybridized carbons (Fsp3) is 0.300. The van der Waals surface area contributed by atoms with E-state index in [4.69, 9.17) is 21.7 Å². The number of thiocarbonyl (C=S) groups is 1. The van der Waals surface area contributed by atoms with Gasteiger partial charge < -0.3 is 14.8 Å². The van der Waals surface area contributed by atoms with E-state index in [0.29, 0.717) is 11.7 Å². The minimum atomic E-state index is -0.991. The first-order valence-electron chi connectivity index (χ1n) is 8.66. The van der Waals surface area contributed by atoms with Gasteiger partial charge in [-0.1, -0.05) is 36.4 Å². The molecule has 3 atom stereocenters. The van der Waals surface area contributed by atoms with E-state index in [-0.39, 0.29) is 12.0 Å². The second-order valence-corrected chi connectivity index (χ2v) is 6.91. The van der Waals surface area contributed by atoms with Gasteiger partial charge in [0.25, 0.3) is 0 Å². The Bertz CT molecular complexity index is 857. The topological polar surface area (TPSA) is 50.8 Å². The van der Waals surface area contributed by atoms with Crippen LogP contribution < -0.4 is 15.0 Å². The Morgan fingerprint density at radius 2 is 1.92 bits per heavy atom. The molecule has 0 radical (unpaired) electrons. The summed E-state index contributed by atoms with van der Waals surface area (Å²) in [5.74, 6) is -0.119. The van der Waals surface area contributed by atoms with Gasteiger partial charge in [-0.2, -0.15) is 0 Å². The number of fused-ring (bicyclic) bond motifs is 4. The van der Waals surface area contributed by atoms with Crippen molar-refractivity contribution in [2.75, 3.05) is 11.5 Å². The van der Waals surface area contributed by atoms with Crippen molar-refractivity contribution in [1.29, 1.82) is 0 Å². The van der Waals surface area contributed by atoms with Crippen LogP contribution in [0, 0.1) is 5.92 Å². The molecule has 2 aromatic rings. The zero-order chi connectivity index (χ0) is 18.3. The van der Waals surface area contributed by atoms with Gasteiger partial charge in [0, 0.05) is 11.3 Å². The lowest BCUT2D eigenvalue weighted by atomic mass is 9.79. The van der Waals surface area contributed by atoms with Crippen molar-refractivity contribution >= 4 is 29.0 Å². The molecule has 134 valence electrons. The first kappa shape index (κ1) is 16.8. The Labute approximate surface area is 157 Å². The largest absolute Gasteiger partial charge is 0.466 e. The predicted molar refractivity (Wildman–Crippen MR) is 103 cm³/mol. The highest BCUT2D eigenvalue weighted by Crippen LogP contribution is 2.49. The van der Waals surface area contributed by atoms with E-state index in [1.807, 2.05) is 66.4 Å². The Morgan fingerprint density at radius 3 is 2.65 bits per heavy atom. The monoisotopic (exact) mass is 368 g/mol. The van der Waals surface area contributed by atoms with Gasteiger partial charge in [0.05, 0.1) is 12.6 Å². The zero-order valence-electron chi connectivity index (χ0n) is 14.6. The smallest absolute Gasteiger partial charge is 0.317 e. The van der Waals surface area contributed by atoms with Gasteiger partial charge in [0.2, 0.25) is 5.72 Å².